The Balaban J connectivity index is 0.00000436. The van der Waals surface area contributed by atoms with Crippen LogP contribution in [-0.4, -0.2) is 18.7 Å². The van der Waals surface area contributed by atoms with E-state index in [1.165, 1.54) is 5.52 Å². The van der Waals surface area contributed by atoms with E-state index in [4.69, 9.17) is 4.98 Å². The van der Waals surface area contributed by atoms with Crippen molar-refractivity contribution in [2.24, 2.45) is 0 Å². The van der Waals surface area contributed by atoms with Crippen molar-refractivity contribution in [3.8, 4) is 33.8 Å². The Labute approximate surface area is 353 Å². The van der Waals surface area contributed by atoms with Gasteiger partial charge in [0.15, 0.2) is 17.4 Å². The van der Waals surface area contributed by atoms with Crippen LogP contribution in [0, 0.1) is 19.1 Å². The maximum absolute atomic E-state index is 4.88. The number of anilines is 3. The van der Waals surface area contributed by atoms with Crippen LogP contribution in [0.4, 0.5) is 17.1 Å². The number of imidazole rings is 1. The van der Waals surface area contributed by atoms with Gasteiger partial charge in [-0.1, -0.05) is 120 Å². The number of para-hydroxylation sites is 4. The predicted molar refractivity (Wildman–Crippen MR) is 236 cm³/mol. The number of fused-ring (bicyclic) bond motifs is 4. The van der Waals surface area contributed by atoms with Crippen molar-refractivity contribution in [2.45, 2.75) is 26.8 Å². The van der Waals surface area contributed by atoms with Crippen molar-refractivity contribution in [3.63, 3.8) is 0 Å². The molecule has 10 rings (SSSR count). The van der Waals surface area contributed by atoms with E-state index in [0.717, 1.165) is 83.7 Å². The summed E-state index contributed by atoms with van der Waals surface area (Å²) < 4.78 is 6.83. The van der Waals surface area contributed by atoms with Crippen LogP contribution in [0.25, 0.3) is 66.6 Å². The Bertz CT molecular complexity index is 3010. The van der Waals surface area contributed by atoms with Crippen LogP contribution in [0.5, 0.6) is 0 Å². The monoisotopic (exact) mass is 929 g/mol. The first kappa shape index (κ1) is 37.0. The van der Waals surface area contributed by atoms with E-state index in [0.29, 0.717) is 0 Å². The summed E-state index contributed by atoms with van der Waals surface area (Å²) in [6.07, 6.45) is 4.09. The van der Waals surface area contributed by atoms with Gasteiger partial charge in [-0.2, -0.15) is 12.1 Å². The van der Waals surface area contributed by atoms with E-state index in [9.17, 15) is 0 Å². The molecule has 0 atom stereocenters. The van der Waals surface area contributed by atoms with E-state index in [1.54, 1.807) is 0 Å². The van der Waals surface area contributed by atoms with E-state index in [1.807, 2.05) is 12.3 Å². The third-order valence-electron chi connectivity index (χ3n) is 10.8. The van der Waals surface area contributed by atoms with Crippen molar-refractivity contribution in [1.29, 1.82) is 0 Å². The molecule has 0 aliphatic rings. The van der Waals surface area contributed by atoms with Crippen molar-refractivity contribution < 1.29 is 21.1 Å². The molecule has 5 nitrogen and oxygen atoms in total. The molecule has 284 valence electrons. The summed E-state index contributed by atoms with van der Waals surface area (Å²) in [5.74, 6) is 0.863. The molecule has 7 aromatic carbocycles. The zero-order valence-corrected chi connectivity index (χ0v) is 34.7. The molecule has 0 aliphatic heterocycles. The Morgan fingerprint density at radius 1 is 0.586 bits per heavy atom. The van der Waals surface area contributed by atoms with Crippen LogP contribution in [-0.2, 0) is 21.1 Å². The number of benzene rings is 7. The second kappa shape index (κ2) is 15.4. The second-order valence-corrected chi connectivity index (χ2v) is 14.8. The normalized spacial score (nSPS) is 11.4. The van der Waals surface area contributed by atoms with E-state index < -0.39 is 0 Å². The summed E-state index contributed by atoms with van der Waals surface area (Å²) in [4.78, 5) is 7.23. The SMILES string of the molecule is Cc1ccnc(-n2c3[c-]c(N(c4[c-]c(-n5[cH+]n(C(C)C)c6ccccc65)ccc4)c4c(-c5ccccc5)cccc4-c4ccccc4)ccc3c3ccccc32)c1.[Pt]. The fraction of sp³-hybridized carbons (Fsp3) is 0.0769. The molecule has 0 N–H and O–H groups in total. The van der Waals surface area contributed by atoms with Gasteiger partial charge in [-0.25, -0.2) is 14.1 Å². The van der Waals surface area contributed by atoms with Gasteiger partial charge >= 0.3 is 0 Å². The minimum Gasteiger partial charge on any atom is -0.357 e. The first-order valence-corrected chi connectivity index (χ1v) is 19.5. The molecule has 6 heteroatoms. The van der Waals surface area contributed by atoms with Gasteiger partial charge in [-0.3, -0.25) is 0 Å². The molecule has 0 unspecified atom stereocenters. The molecule has 0 spiro atoms. The molecule has 0 fully saturated rings. The third kappa shape index (κ3) is 6.42. The van der Waals surface area contributed by atoms with Gasteiger partial charge in [-0.15, -0.1) is 29.7 Å². The maximum atomic E-state index is 4.88. The number of hydrogen-bond donors (Lipinski definition) is 0. The summed E-state index contributed by atoms with van der Waals surface area (Å²) in [7, 11) is 0. The molecule has 58 heavy (non-hydrogen) atoms. The van der Waals surface area contributed by atoms with Crippen LogP contribution in [0.2, 0.25) is 0 Å². The molecule has 0 saturated carbocycles. The fourth-order valence-corrected chi connectivity index (χ4v) is 8.20. The van der Waals surface area contributed by atoms with Crippen molar-refractivity contribution in [2.75, 3.05) is 4.90 Å². The Morgan fingerprint density at radius 3 is 1.90 bits per heavy atom. The number of nitrogens with zero attached hydrogens (tertiary/aromatic N) is 5. The average molecular weight is 930 g/mol. The van der Waals surface area contributed by atoms with Gasteiger partial charge < -0.3 is 9.47 Å². The topological polar surface area (TPSA) is 30.9 Å². The largest absolute Gasteiger partial charge is 0.357 e. The molecular weight excluding hydrogens is 890 g/mol. The molecule has 0 saturated heterocycles. The first-order valence-electron chi connectivity index (χ1n) is 19.5. The first-order chi connectivity index (χ1) is 28.0. The number of pyridine rings is 1. The number of rotatable bonds is 8. The van der Waals surface area contributed by atoms with E-state index in [-0.39, 0.29) is 27.1 Å². The zero-order valence-electron chi connectivity index (χ0n) is 32.5. The Hall–Kier alpha value is -6.55. The summed E-state index contributed by atoms with van der Waals surface area (Å²) >= 11 is 0. The van der Waals surface area contributed by atoms with Crippen LogP contribution in [0.15, 0.2) is 182 Å². The van der Waals surface area contributed by atoms with Crippen molar-refractivity contribution in [3.05, 3.63) is 200 Å². The molecule has 0 aliphatic carbocycles. The standard InChI is InChI=1S/C52H40N5.Pt/c1-36(2)54-35-55(49-27-13-12-26-48(49)54)40-20-14-21-41(33-40)56(52-43(38-16-6-4-7-17-38)23-15-24-44(52)39-18-8-5-9-19-39)42-28-29-46-45-22-10-11-25-47(45)57(50(46)34-42)51-32-37(3)30-31-53-51;/h4-32,35-36H,1-3H3;/q-1;. The van der Waals surface area contributed by atoms with Gasteiger partial charge in [0.05, 0.1) is 11.7 Å². The Morgan fingerprint density at radius 2 is 1.21 bits per heavy atom. The third-order valence-corrected chi connectivity index (χ3v) is 10.8. The summed E-state index contributed by atoms with van der Waals surface area (Å²) in [5, 5.41) is 2.28. The molecule has 0 radical (unpaired) electrons. The molecular formula is C52H40N5Pt-. The van der Waals surface area contributed by atoms with E-state index in [2.05, 4.69) is 222 Å². The summed E-state index contributed by atoms with van der Waals surface area (Å²) in [6.45, 7) is 6.56. The van der Waals surface area contributed by atoms with Gasteiger partial charge in [0, 0.05) is 61.7 Å². The van der Waals surface area contributed by atoms with Gasteiger partial charge in [0.1, 0.15) is 5.82 Å². The van der Waals surface area contributed by atoms with Crippen LogP contribution in [0.3, 0.4) is 0 Å². The summed E-state index contributed by atoms with van der Waals surface area (Å²) in [5.41, 5.74) is 13.8. The smallest absolute Gasteiger partial charge is 0.188 e. The second-order valence-electron chi connectivity index (χ2n) is 14.8. The van der Waals surface area contributed by atoms with Gasteiger partial charge in [0.2, 0.25) is 0 Å². The zero-order chi connectivity index (χ0) is 38.5. The predicted octanol–water partition coefficient (Wildman–Crippen LogP) is 13.5. The Kier molecular flexibility index (Phi) is 9.85. The average Bonchev–Trinajstić information content (AvgIpc) is 3.81. The molecule has 0 amide bonds. The number of aromatic nitrogens is 4. The summed E-state index contributed by atoms with van der Waals surface area (Å²) in [6, 6.07) is 68.4. The van der Waals surface area contributed by atoms with E-state index >= 15 is 0 Å². The van der Waals surface area contributed by atoms with Gasteiger partial charge in [0.25, 0.3) is 0 Å². The minimum absolute atomic E-state index is 0. The van der Waals surface area contributed by atoms with Crippen LogP contribution in [0.1, 0.15) is 25.5 Å². The van der Waals surface area contributed by atoms with Crippen molar-refractivity contribution >= 4 is 49.9 Å². The van der Waals surface area contributed by atoms with Crippen LogP contribution >= 0.6 is 0 Å². The molecule has 3 heterocycles. The number of aryl methyl sites for hydroxylation is 1. The molecule has 3 aromatic heterocycles. The molecule has 0 bridgehead atoms. The van der Waals surface area contributed by atoms with Gasteiger partial charge in [-0.05, 0) is 73.2 Å². The van der Waals surface area contributed by atoms with Crippen molar-refractivity contribution in [1.82, 2.24) is 18.7 Å². The maximum Gasteiger partial charge on any atom is 0.188 e. The molecule has 10 aromatic rings. The van der Waals surface area contributed by atoms with Crippen LogP contribution < -0.4 is 4.90 Å². The quantitative estimate of drug-likeness (QED) is 0.142. The minimum atomic E-state index is 0. The number of hydrogen-bond acceptors (Lipinski definition) is 2. The fourth-order valence-electron chi connectivity index (χ4n) is 8.20.